The van der Waals surface area contributed by atoms with Crippen molar-refractivity contribution in [3.8, 4) is 28.0 Å². The number of ether oxygens (including phenoxy) is 1. The first-order chi connectivity index (χ1) is 24.3. The molecule has 0 amide bonds. The Labute approximate surface area is 336 Å². The van der Waals surface area contributed by atoms with Crippen molar-refractivity contribution in [3.63, 3.8) is 0 Å². The van der Waals surface area contributed by atoms with Crippen molar-refractivity contribution < 1.29 is 25.6 Å². The second-order valence-electron chi connectivity index (χ2n) is 16.7. The topological polar surface area (TPSA) is 9.23 Å². The Morgan fingerprint density at radius 2 is 1.04 bits per heavy atom. The molecule has 0 saturated carbocycles. The van der Waals surface area contributed by atoms with Crippen LogP contribution in [0.3, 0.4) is 0 Å². The van der Waals surface area contributed by atoms with Crippen molar-refractivity contribution >= 4 is 48.1 Å². The second kappa shape index (κ2) is 18.8. The summed E-state index contributed by atoms with van der Waals surface area (Å²) in [7, 11) is 12.7. The fraction of sp³-hybridized carbons (Fsp3) is 0.362. The van der Waals surface area contributed by atoms with E-state index in [-0.39, 0.29) is 16.2 Å². The summed E-state index contributed by atoms with van der Waals surface area (Å²) in [4.78, 5) is 0. The Hall–Kier alpha value is -2.42. The molecular weight excluding hydrogens is 771 g/mol. The Kier molecular flexibility index (Phi) is 15.9. The van der Waals surface area contributed by atoms with E-state index in [1.165, 1.54) is 71.6 Å². The molecule has 5 heteroatoms. The number of fused-ring (bicyclic) bond motifs is 2. The molecule has 0 bridgehead atoms. The van der Waals surface area contributed by atoms with E-state index in [9.17, 15) is 0 Å². The molecule has 0 aliphatic rings. The summed E-state index contributed by atoms with van der Waals surface area (Å²) in [6, 6.07) is 35.9. The monoisotopic (exact) mass is 826 g/mol. The number of hydrogen-bond donors (Lipinski definition) is 0. The van der Waals surface area contributed by atoms with Gasteiger partial charge < -0.3 is 4.74 Å². The van der Waals surface area contributed by atoms with Crippen molar-refractivity contribution in [1.29, 1.82) is 0 Å². The summed E-state index contributed by atoms with van der Waals surface area (Å²) < 4.78 is 5.97. The van der Waals surface area contributed by atoms with Crippen LogP contribution in [0.5, 0.6) is 5.75 Å². The van der Waals surface area contributed by atoms with E-state index < -0.39 is 20.8 Å². The molecule has 0 saturated heterocycles. The van der Waals surface area contributed by atoms with Crippen molar-refractivity contribution in [2.75, 3.05) is 7.11 Å². The zero-order valence-corrected chi connectivity index (χ0v) is 38.9. The molecule has 0 fully saturated rings. The number of aryl methyl sites for hydroxylation is 2. The normalized spacial score (nSPS) is 11.5. The third kappa shape index (κ3) is 11.3. The van der Waals surface area contributed by atoms with Crippen molar-refractivity contribution in [2.45, 2.75) is 106 Å². The van der Waals surface area contributed by atoms with Crippen molar-refractivity contribution in [1.82, 2.24) is 0 Å². The summed E-state index contributed by atoms with van der Waals surface area (Å²) in [5, 5.41) is 5.26. The van der Waals surface area contributed by atoms with Gasteiger partial charge >= 0.3 is 37.9 Å². The molecule has 6 aromatic carbocycles. The predicted octanol–water partition coefficient (Wildman–Crippen LogP) is 15.1. The predicted molar refractivity (Wildman–Crippen MR) is 231 cm³/mol. The number of benzene rings is 4. The molecular formula is C47H58Cl2OSiZr. The average Bonchev–Trinajstić information content (AvgIpc) is 3.64. The minimum atomic E-state index is -0.826. The molecule has 6 aromatic rings. The Balaban J connectivity index is 0.000000249. The first-order valence-corrected chi connectivity index (χ1v) is 26.3. The molecule has 2 radical (unpaired) electrons. The number of methoxy groups -OCH3 is 1. The zero-order valence-electron chi connectivity index (χ0n) is 33.9. The van der Waals surface area contributed by atoms with E-state index in [1.54, 1.807) is 7.11 Å². The van der Waals surface area contributed by atoms with E-state index in [0.717, 1.165) is 15.3 Å². The summed E-state index contributed by atoms with van der Waals surface area (Å²) >= 11 is -0.826. The molecule has 0 unspecified atom stereocenters. The molecule has 274 valence electrons. The van der Waals surface area contributed by atoms with Crippen LogP contribution >= 0.6 is 17.0 Å². The average molecular weight is 829 g/mol. The summed E-state index contributed by atoms with van der Waals surface area (Å²) in [5.41, 5.74) is 12.1. The molecule has 0 heterocycles. The molecule has 0 aliphatic heterocycles. The van der Waals surface area contributed by atoms with Gasteiger partial charge in [0.05, 0.1) is 7.11 Å². The van der Waals surface area contributed by atoms with E-state index >= 15 is 0 Å². The van der Waals surface area contributed by atoms with Gasteiger partial charge in [-0.05, 0) is 49.6 Å². The van der Waals surface area contributed by atoms with E-state index in [2.05, 4.69) is 186 Å². The van der Waals surface area contributed by atoms with Crippen LogP contribution in [0.15, 0.2) is 97.1 Å². The molecule has 0 atom stereocenters. The van der Waals surface area contributed by atoms with E-state index in [1.807, 2.05) is 0 Å². The van der Waals surface area contributed by atoms with E-state index in [0.29, 0.717) is 0 Å². The van der Waals surface area contributed by atoms with Gasteiger partial charge in [0, 0.05) is 9.52 Å². The molecule has 0 aliphatic carbocycles. The summed E-state index contributed by atoms with van der Waals surface area (Å²) in [5.74, 6) is 0.999. The fourth-order valence-corrected chi connectivity index (χ4v) is 6.47. The maximum absolute atomic E-state index is 5.97. The molecule has 0 spiro atoms. The standard InChI is InChI=1S/C25H31O.C20H21.C2H6Si.2ClH.Zr/c1-16-13-18-15-21(25(5,6)7)23(26-8)22(20(18)14-16)17-9-11-19(12-10-17)24(2,3)4;1-14-12-16-6-5-7-18(19(16)13-14)15-8-10-17(11-9-15)20(2,3)4;1-3-2;;;/h9-15H,1-8H3;5-13H,1-4H3;1-2H3;2*1H;/q2*-1;;;;+4/p-2. The van der Waals surface area contributed by atoms with Gasteiger partial charge in [0.15, 0.2) is 0 Å². The zero-order chi connectivity index (χ0) is 39.0. The number of hydrogen-bond acceptors (Lipinski definition) is 1. The molecule has 6 rings (SSSR count). The van der Waals surface area contributed by atoms with Gasteiger partial charge in [-0.1, -0.05) is 149 Å². The molecule has 0 aromatic heterocycles. The van der Waals surface area contributed by atoms with Crippen LogP contribution in [0.4, 0.5) is 0 Å². The van der Waals surface area contributed by atoms with Crippen LogP contribution in [0.2, 0.25) is 13.1 Å². The van der Waals surface area contributed by atoms with Crippen LogP contribution < -0.4 is 4.74 Å². The van der Waals surface area contributed by atoms with Crippen LogP contribution in [0, 0.1) is 13.8 Å². The third-order valence-electron chi connectivity index (χ3n) is 9.12. The Morgan fingerprint density at radius 3 is 1.48 bits per heavy atom. The number of halogens is 2. The maximum atomic E-state index is 5.97. The second-order valence-corrected chi connectivity index (χ2v) is 21.4. The van der Waals surface area contributed by atoms with Crippen LogP contribution in [0.25, 0.3) is 43.8 Å². The van der Waals surface area contributed by atoms with Crippen molar-refractivity contribution in [3.05, 3.63) is 125 Å². The van der Waals surface area contributed by atoms with Gasteiger partial charge in [-0.3, -0.25) is 0 Å². The van der Waals surface area contributed by atoms with Crippen molar-refractivity contribution in [2.24, 2.45) is 0 Å². The first-order valence-electron chi connectivity index (χ1n) is 18.0. The quantitative estimate of drug-likeness (QED) is 0.128. The minimum absolute atomic E-state index is 0.0187. The van der Waals surface area contributed by atoms with Gasteiger partial charge in [-0.15, -0.1) is 63.0 Å². The molecule has 52 heavy (non-hydrogen) atoms. The van der Waals surface area contributed by atoms with Gasteiger partial charge in [0.25, 0.3) is 0 Å². The summed E-state index contributed by atoms with van der Waals surface area (Å²) in [6.07, 6.45) is 0. The van der Waals surface area contributed by atoms with Gasteiger partial charge in [-0.25, -0.2) is 0 Å². The Morgan fingerprint density at radius 1 is 0.596 bits per heavy atom. The number of rotatable bonds is 3. The summed E-state index contributed by atoms with van der Waals surface area (Å²) in [6.45, 7) is 28.9. The first kappa shape index (κ1) is 44.0. The van der Waals surface area contributed by atoms with Crippen LogP contribution in [0.1, 0.15) is 90.1 Å². The third-order valence-corrected chi connectivity index (χ3v) is 9.12. The fourth-order valence-electron chi connectivity index (χ4n) is 6.47. The van der Waals surface area contributed by atoms with Crippen LogP contribution in [-0.4, -0.2) is 16.6 Å². The van der Waals surface area contributed by atoms with Gasteiger partial charge in [0.2, 0.25) is 0 Å². The SMILES string of the molecule is COc1c(C(C)(C)C)cc2[cH-]c(C)cc2c1-c1ccc(C(C)(C)C)cc1.C[Si]C.Cc1cc2c(-c3ccc(C(C)(C)C)cc3)cccc2[cH-]1.[Cl][Zr+2][Cl]. The Bertz CT molecular complexity index is 2010. The molecule has 1 nitrogen and oxygen atoms in total. The van der Waals surface area contributed by atoms with Crippen LogP contribution in [-0.2, 0) is 37.1 Å². The van der Waals surface area contributed by atoms with E-state index in [4.69, 9.17) is 21.8 Å². The molecule has 0 N–H and O–H groups in total. The van der Waals surface area contributed by atoms with Gasteiger partial charge in [0.1, 0.15) is 5.75 Å². The van der Waals surface area contributed by atoms with Gasteiger partial charge in [-0.2, -0.15) is 12.1 Å².